The Morgan fingerprint density at radius 3 is 3.06 bits per heavy atom. The fourth-order valence-corrected chi connectivity index (χ4v) is 2.68. The van der Waals surface area contributed by atoms with E-state index in [1.54, 1.807) is 7.11 Å². The highest BCUT2D eigenvalue weighted by Crippen LogP contribution is 2.35. The van der Waals surface area contributed by atoms with Gasteiger partial charge in [-0.05, 0) is 37.9 Å². The van der Waals surface area contributed by atoms with Gasteiger partial charge in [0, 0.05) is 6.07 Å². The summed E-state index contributed by atoms with van der Waals surface area (Å²) in [5.74, 6) is 1.62. The molecule has 0 spiro atoms. The number of fused-ring (bicyclic) bond motifs is 1. The third-order valence-electron chi connectivity index (χ3n) is 3.85. The average Bonchev–Trinajstić information content (AvgIpc) is 3.04. The van der Waals surface area contributed by atoms with Crippen molar-refractivity contribution >= 4 is 11.1 Å². The molecule has 0 amide bonds. The van der Waals surface area contributed by atoms with Gasteiger partial charge < -0.3 is 14.5 Å². The summed E-state index contributed by atoms with van der Waals surface area (Å²) in [5, 5.41) is 3.54. The maximum Gasteiger partial charge on any atom is 0.215 e. The quantitative estimate of drug-likeness (QED) is 0.904. The van der Waals surface area contributed by atoms with Crippen LogP contribution < -0.4 is 10.1 Å². The topological polar surface area (TPSA) is 47.3 Å². The van der Waals surface area contributed by atoms with Crippen molar-refractivity contribution in [2.24, 2.45) is 0 Å². The average molecular weight is 246 g/mol. The van der Waals surface area contributed by atoms with Gasteiger partial charge in [0.2, 0.25) is 5.89 Å². The minimum atomic E-state index is -0.0771. The predicted molar refractivity (Wildman–Crippen MR) is 69.8 cm³/mol. The Bertz CT molecular complexity index is 556. The number of methoxy groups -OCH3 is 1. The fraction of sp³-hybridized carbons (Fsp3) is 0.500. The highest BCUT2D eigenvalue weighted by Gasteiger charge is 2.38. The number of benzene rings is 1. The molecule has 2 aromatic rings. The third-order valence-corrected chi connectivity index (χ3v) is 3.85. The van der Waals surface area contributed by atoms with Crippen molar-refractivity contribution in [3.63, 3.8) is 0 Å². The van der Waals surface area contributed by atoms with Gasteiger partial charge >= 0.3 is 0 Å². The first kappa shape index (κ1) is 11.5. The number of hydrogen-bond acceptors (Lipinski definition) is 4. The maximum absolute atomic E-state index is 5.92. The Labute approximate surface area is 106 Å². The van der Waals surface area contributed by atoms with Gasteiger partial charge in [0.05, 0.1) is 12.6 Å². The van der Waals surface area contributed by atoms with Crippen molar-refractivity contribution < 1.29 is 9.15 Å². The first-order valence-electron chi connectivity index (χ1n) is 6.47. The number of nitrogens with zero attached hydrogens (tertiary/aromatic N) is 1. The molecule has 1 aliphatic heterocycles. The van der Waals surface area contributed by atoms with E-state index < -0.39 is 0 Å². The zero-order valence-electron chi connectivity index (χ0n) is 10.8. The Hall–Kier alpha value is -1.55. The van der Waals surface area contributed by atoms with Crippen molar-refractivity contribution in [3.8, 4) is 5.75 Å². The predicted octanol–water partition coefficient (Wildman–Crippen LogP) is 2.83. The Balaban J connectivity index is 2.07. The van der Waals surface area contributed by atoms with Gasteiger partial charge in [0.1, 0.15) is 11.3 Å². The number of ether oxygens (including phenoxy) is 1. The second-order valence-electron chi connectivity index (χ2n) is 4.82. The summed E-state index contributed by atoms with van der Waals surface area (Å²) in [5.41, 5.74) is 1.62. The lowest BCUT2D eigenvalue weighted by atomic mass is 9.94. The molecule has 1 N–H and O–H groups in total. The standard InChI is InChI=1S/C14H18N2O2/c1-3-14(7-4-8-15-14)13-16-11-9-10(17-2)5-6-12(11)18-13/h5-6,9,15H,3-4,7-8H2,1-2H3. The van der Waals surface area contributed by atoms with Crippen LogP contribution >= 0.6 is 0 Å². The SMILES string of the molecule is CCC1(c2nc3cc(OC)ccc3o2)CCCN1. The zero-order valence-corrected chi connectivity index (χ0v) is 10.8. The third kappa shape index (κ3) is 1.68. The lowest BCUT2D eigenvalue weighted by molar-refractivity contribution is 0.292. The van der Waals surface area contributed by atoms with E-state index in [1.807, 2.05) is 18.2 Å². The number of nitrogens with one attached hydrogen (secondary N) is 1. The van der Waals surface area contributed by atoms with Gasteiger partial charge in [-0.15, -0.1) is 0 Å². The molecule has 2 heterocycles. The monoisotopic (exact) mass is 246 g/mol. The number of oxazole rings is 1. The van der Waals surface area contributed by atoms with Crippen LogP contribution in [0.1, 0.15) is 32.1 Å². The second-order valence-corrected chi connectivity index (χ2v) is 4.82. The van der Waals surface area contributed by atoms with Gasteiger partial charge in [0.15, 0.2) is 5.58 Å². The summed E-state index contributed by atoms with van der Waals surface area (Å²) < 4.78 is 11.1. The summed E-state index contributed by atoms with van der Waals surface area (Å²) in [6, 6.07) is 5.74. The van der Waals surface area contributed by atoms with Gasteiger partial charge in [-0.1, -0.05) is 6.92 Å². The molecule has 96 valence electrons. The molecule has 1 fully saturated rings. The smallest absolute Gasteiger partial charge is 0.215 e. The van der Waals surface area contributed by atoms with E-state index in [9.17, 15) is 0 Å². The van der Waals surface area contributed by atoms with Crippen LogP contribution in [0.4, 0.5) is 0 Å². The molecule has 0 bridgehead atoms. The molecular formula is C14H18N2O2. The highest BCUT2D eigenvalue weighted by atomic mass is 16.5. The molecule has 1 aromatic heterocycles. The zero-order chi connectivity index (χ0) is 12.6. The molecule has 4 heteroatoms. The second kappa shape index (κ2) is 4.28. The molecule has 0 aliphatic carbocycles. The Morgan fingerprint density at radius 2 is 2.39 bits per heavy atom. The largest absolute Gasteiger partial charge is 0.497 e. The van der Waals surface area contributed by atoms with Gasteiger partial charge in [-0.25, -0.2) is 4.98 Å². The summed E-state index contributed by atoms with van der Waals surface area (Å²) in [4.78, 5) is 4.64. The van der Waals surface area contributed by atoms with E-state index in [0.29, 0.717) is 0 Å². The van der Waals surface area contributed by atoms with Gasteiger partial charge in [-0.2, -0.15) is 0 Å². The molecule has 1 atom stereocenters. The van der Waals surface area contributed by atoms with E-state index in [0.717, 1.165) is 42.1 Å². The van der Waals surface area contributed by atoms with Crippen LogP contribution in [0, 0.1) is 0 Å². The van der Waals surface area contributed by atoms with Crippen molar-refractivity contribution in [1.82, 2.24) is 10.3 Å². The van der Waals surface area contributed by atoms with Crippen molar-refractivity contribution in [2.45, 2.75) is 31.7 Å². The van der Waals surface area contributed by atoms with Gasteiger partial charge in [0.25, 0.3) is 0 Å². The molecule has 1 aliphatic rings. The first-order valence-corrected chi connectivity index (χ1v) is 6.47. The number of aromatic nitrogens is 1. The Kier molecular flexibility index (Phi) is 2.74. The number of hydrogen-bond donors (Lipinski definition) is 1. The van der Waals surface area contributed by atoms with Crippen LogP contribution in [0.3, 0.4) is 0 Å². The minimum Gasteiger partial charge on any atom is -0.497 e. The maximum atomic E-state index is 5.92. The number of rotatable bonds is 3. The first-order chi connectivity index (χ1) is 8.77. The lowest BCUT2D eigenvalue weighted by Gasteiger charge is -2.23. The normalized spacial score (nSPS) is 23.7. The lowest BCUT2D eigenvalue weighted by Crippen LogP contribution is -2.36. The van der Waals surface area contributed by atoms with E-state index in [2.05, 4.69) is 17.2 Å². The molecule has 1 unspecified atom stereocenters. The molecule has 4 nitrogen and oxygen atoms in total. The van der Waals surface area contributed by atoms with Crippen LogP contribution in [0.25, 0.3) is 11.1 Å². The Morgan fingerprint density at radius 1 is 1.50 bits per heavy atom. The fourth-order valence-electron chi connectivity index (χ4n) is 2.68. The van der Waals surface area contributed by atoms with E-state index in [-0.39, 0.29) is 5.54 Å². The van der Waals surface area contributed by atoms with Crippen LogP contribution in [-0.2, 0) is 5.54 Å². The van der Waals surface area contributed by atoms with Crippen molar-refractivity contribution in [1.29, 1.82) is 0 Å². The summed E-state index contributed by atoms with van der Waals surface area (Å²) >= 11 is 0. The summed E-state index contributed by atoms with van der Waals surface area (Å²) in [6.45, 7) is 3.21. The van der Waals surface area contributed by atoms with Crippen molar-refractivity contribution in [3.05, 3.63) is 24.1 Å². The van der Waals surface area contributed by atoms with Crippen LogP contribution in [0.15, 0.2) is 22.6 Å². The van der Waals surface area contributed by atoms with E-state index in [4.69, 9.17) is 9.15 Å². The summed E-state index contributed by atoms with van der Waals surface area (Å²) in [6.07, 6.45) is 3.26. The molecule has 1 saturated heterocycles. The molecule has 3 rings (SSSR count). The molecule has 0 saturated carbocycles. The molecule has 1 aromatic carbocycles. The van der Waals surface area contributed by atoms with E-state index >= 15 is 0 Å². The molecule has 0 radical (unpaired) electrons. The van der Waals surface area contributed by atoms with E-state index in [1.165, 1.54) is 6.42 Å². The van der Waals surface area contributed by atoms with Crippen molar-refractivity contribution in [2.75, 3.05) is 13.7 Å². The van der Waals surface area contributed by atoms with Gasteiger partial charge in [-0.3, -0.25) is 0 Å². The summed E-state index contributed by atoms with van der Waals surface area (Å²) in [7, 11) is 1.66. The van der Waals surface area contributed by atoms with Crippen LogP contribution in [0.2, 0.25) is 0 Å². The minimum absolute atomic E-state index is 0.0771. The molecule has 18 heavy (non-hydrogen) atoms. The highest BCUT2D eigenvalue weighted by molar-refractivity contribution is 5.74. The van der Waals surface area contributed by atoms with Crippen LogP contribution in [-0.4, -0.2) is 18.6 Å². The van der Waals surface area contributed by atoms with Crippen LogP contribution in [0.5, 0.6) is 5.75 Å². The molecular weight excluding hydrogens is 228 g/mol.